The number of thioether (sulfide) groups is 1. The van der Waals surface area contributed by atoms with E-state index in [1.54, 1.807) is 6.07 Å². The molecule has 0 aliphatic carbocycles. The first kappa shape index (κ1) is 13.4. The molecule has 0 saturated carbocycles. The number of benzene rings is 1. The number of carbonyl (C=O) groups is 1. The molecule has 1 aliphatic heterocycles. The number of nitrogens with one attached hydrogen (secondary N) is 1. The van der Waals surface area contributed by atoms with Crippen molar-refractivity contribution in [2.24, 2.45) is 0 Å². The molecule has 98 valence electrons. The first-order valence-corrected chi connectivity index (χ1v) is 7.31. The fourth-order valence-corrected chi connectivity index (χ4v) is 3.75. The summed E-state index contributed by atoms with van der Waals surface area (Å²) in [6.45, 7) is 3.40. The standard InChI is InChI=1S/C14H18FNOS/c1-10-7-12(9-13(15)8-10)14(16-11(2)17)3-5-18-6-4-14/h7-9H,3-6H2,1-2H3,(H,16,17). The average molecular weight is 267 g/mol. The van der Waals surface area contributed by atoms with Gasteiger partial charge in [0.15, 0.2) is 0 Å². The van der Waals surface area contributed by atoms with Gasteiger partial charge in [0.2, 0.25) is 5.91 Å². The summed E-state index contributed by atoms with van der Waals surface area (Å²) in [5.41, 5.74) is 1.41. The minimum atomic E-state index is -0.385. The van der Waals surface area contributed by atoms with Gasteiger partial charge >= 0.3 is 0 Å². The molecule has 1 N–H and O–H groups in total. The molecule has 0 bridgehead atoms. The largest absolute Gasteiger partial charge is 0.347 e. The minimum Gasteiger partial charge on any atom is -0.347 e. The van der Waals surface area contributed by atoms with Gasteiger partial charge in [0.1, 0.15) is 5.82 Å². The van der Waals surface area contributed by atoms with Gasteiger partial charge in [0.25, 0.3) is 0 Å². The Hall–Kier alpha value is -1.03. The van der Waals surface area contributed by atoms with E-state index >= 15 is 0 Å². The number of amides is 1. The highest BCUT2D eigenvalue weighted by Gasteiger charge is 2.35. The van der Waals surface area contributed by atoms with Crippen molar-refractivity contribution >= 4 is 17.7 Å². The van der Waals surface area contributed by atoms with Crippen molar-refractivity contribution in [3.8, 4) is 0 Å². The van der Waals surface area contributed by atoms with Crippen LogP contribution in [-0.2, 0) is 10.3 Å². The Morgan fingerprint density at radius 2 is 2.00 bits per heavy atom. The molecule has 18 heavy (non-hydrogen) atoms. The number of hydrogen-bond acceptors (Lipinski definition) is 2. The number of hydrogen-bond donors (Lipinski definition) is 1. The van der Waals surface area contributed by atoms with Gasteiger partial charge in [-0.15, -0.1) is 0 Å². The SMILES string of the molecule is CC(=O)NC1(c2cc(C)cc(F)c2)CCSCC1. The monoisotopic (exact) mass is 267 g/mol. The highest BCUT2D eigenvalue weighted by Crippen LogP contribution is 2.36. The van der Waals surface area contributed by atoms with Crippen molar-refractivity contribution in [3.63, 3.8) is 0 Å². The summed E-state index contributed by atoms with van der Waals surface area (Å²) in [5, 5.41) is 3.05. The van der Waals surface area contributed by atoms with Crippen molar-refractivity contribution in [1.29, 1.82) is 0 Å². The van der Waals surface area contributed by atoms with Crippen LogP contribution in [0.4, 0.5) is 4.39 Å². The number of carbonyl (C=O) groups excluding carboxylic acids is 1. The predicted molar refractivity (Wildman–Crippen MR) is 73.2 cm³/mol. The summed E-state index contributed by atoms with van der Waals surface area (Å²) >= 11 is 1.88. The van der Waals surface area contributed by atoms with Gasteiger partial charge in [-0.05, 0) is 54.5 Å². The van der Waals surface area contributed by atoms with Crippen LogP contribution < -0.4 is 5.32 Å². The Morgan fingerprint density at radius 1 is 1.33 bits per heavy atom. The fraction of sp³-hybridized carbons (Fsp3) is 0.500. The van der Waals surface area contributed by atoms with E-state index in [-0.39, 0.29) is 17.3 Å². The van der Waals surface area contributed by atoms with E-state index in [2.05, 4.69) is 5.32 Å². The van der Waals surface area contributed by atoms with Crippen molar-refractivity contribution in [1.82, 2.24) is 5.32 Å². The van der Waals surface area contributed by atoms with E-state index in [4.69, 9.17) is 0 Å². The number of rotatable bonds is 2. The maximum atomic E-state index is 13.6. The third-order valence-electron chi connectivity index (χ3n) is 3.36. The molecule has 2 rings (SSSR count). The lowest BCUT2D eigenvalue weighted by atomic mass is 9.83. The lowest BCUT2D eigenvalue weighted by Gasteiger charge is -2.38. The van der Waals surface area contributed by atoms with Crippen LogP contribution in [0, 0.1) is 12.7 Å². The van der Waals surface area contributed by atoms with Crippen molar-refractivity contribution in [3.05, 3.63) is 35.1 Å². The molecule has 1 saturated heterocycles. The normalized spacial score (nSPS) is 18.4. The second-order valence-electron chi connectivity index (χ2n) is 4.89. The van der Waals surface area contributed by atoms with Crippen molar-refractivity contribution in [2.75, 3.05) is 11.5 Å². The average Bonchev–Trinajstić information content (AvgIpc) is 2.28. The van der Waals surface area contributed by atoms with Crippen LogP contribution in [0.3, 0.4) is 0 Å². The van der Waals surface area contributed by atoms with E-state index in [1.807, 2.05) is 24.8 Å². The molecule has 1 aromatic rings. The second-order valence-corrected chi connectivity index (χ2v) is 6.12. The first-order valence-electron chi connectivity index (χ1n) is 6.16. The van der Waals surface area contributed by atoms with Gasteiger partial charge < -0.3 is 5.32 Å². The zero-order chi connectivity index (χ0) is 13.2. The van der Waals surface area contributed by atoms with Crippen LogP contribution in [0.2, 0.25) is 0 Å². The van der Waals surface area contributed by atoms with Crippen molar-refractivity contribution < 1.29 is 9.18 Å². The molecule has 0 radical (unpaired) electrons. The molecule has 0 unspecified atom stereocenters. The summed E-state index contributed by atoms with van der Waals surface area (Å²) in [4.78, 5) is 11.4. The maximum absolute atomic E-state index is 13.6. The molecule has 0 atom stereocenters. The quantitative estimate of drug-likeness (QED) is 0.892. The van der Waals surface area contributed by atoms with Crippen LogP contribution in [0.5, 0.6) is 0 Å². The fourth-order valence-electron chi connectivity index (χ4n) is 2.56. The molecule has 1 aromatic carbocycles. The Bertz CT molecular complexity index is 435. The minimum absolute atomic E-state index is 0.0520. The summed E-state index contributed by atoms with van der Waals surface area (Å²) in [5.74, 6) is 1.71. The summed E-state index contributed by atoms with van der Waals surface area (Å²) in [7, 11) is 0. The summed E-state index contributed by atoms with van der Waals surface area (Å²) in [6, 6.07) is 5.05. The van der Waals surface area contributed by atoms with Crippen molar-refractivity contribution in [2.45, 2.75) is 32.2 Å². The molecule has 1 aliphatic rings. The molecular weight excluding hydrogens is 249 g/mol. The molecule has 0 spiro atoms. The number of halogens is 1. The number of aryl methyl sites for hydroxylation is 1. The smallest absolute Gasteiger partial charge is 0.217 e. The molecule has 1 fully saturated rings. The van der Waals surface area contributed by atoms with Gasteiger partial charge in [0, 0.05) is 6.92 Å². The Balaban J connectivity index is 2.41. The Kier molecular flexibility index (Phi) is 3.95. The molecule has 4 heteroatoms. The summed E-state index contributed by atoms with van der Waals surface area (Å²) < 4.78 is 13.6. The Labute approximate surface area is 111 Å². The molecule has 1 amide bonds. The van der Waals surface area contributed by atoms with E-state index in [0.29, 0.717) is 0 Å². The molecule has 0 aromatic heterocycles. The maximum Gasteiger partial charge on any atom is 0.217 e. The second kappa shape index (κ2) is 5.31. The highest BCUT2D eigenvalue weighted by atomic mass is 32.2. The third kappa shape index (κ3) is 2.86. The zero-order valence-corrected chi connectivity index (χ0v) is 11.6. The van der Waals surface area contributed by atoms with Crippen LogP contribution in [0.15, 0.2) is 18.2 Å². The van der Waals surface area contributed by atoms with E-state index < -0.39 is 0 Å². The van der Waals surface area contributed by atoms with Gasteiger partial charge in [-0.1, -0.05) is 6.07 Å². The highest BCUT2D eigenvalue weighted by molar-refractivity contribution is 7.99. The first-order chi connectivity index (χ1) is 8.52. The third-order valence-corrected chi connectivity index (χ3v) is 4.34. The summed E-state index contributed by atoms with van der Waals surface area (Å²) in [6.07, 6.45) is 1.72. The van der Waals surface area contributed by atoms with Gasteiger partial charge in [0.05, 0.1) is 5.54 Å². The zero-order valence-electron chi connectivity index (χ0n) is 10.8. The van der Waals surface area contributed by atoms with Crippen LogP contribution in [0.1, 0.15) is 30.9 Å². The van der Waals surface area contributed by atoms with E-state index in [0.717, 1.165) is 35.5 Å². The molecule has 1 heterocycles. The van der Waals surface area contributed by atoms with Crippen LogP contribution >= 0.6 is 11.8 Å². The topological polar surface area (TPSA) is 29.1 Å². The lowest BCUT2D eigenvalue weighted by Crippen LogP contribution is -2.47. The molecule has 2 nitrogen and oxygen atoms in total. The lowest BCUT2D eigenvalue weighted by molar-refractivity contribution is -0.121. The van der Waals surface area contributed by atoms with Gasteiger partial charge in [-0.3, -0.25) is 4.79 Å². The van der Waals surface area contributed by atoms with Crippen LogP contribution in [-0.4, -0.2) is 17.4 Å². The van der Waals surface area contributed by atoms with Gasteiger partial charge in [-0.25, -0.2) is 4.39 Å². The molecular formula is C14H18FNOS. The van der Waals surface area contributed by atoms with E-state index in [1.165, 1.54) is 13.0 Å². The Morgan fingerprint density at radius 3 is 2.56 bits per heavy atom. The predicted octanol–water partition coefficient (Wildman–Crippen LogP) is 2.99. The van der Waals surface area contributed by atoms with E-state index in [9.17, 15) is 9.18 Å². The van der Waals surface area contributed by atoms with Crippen LogP contribution in [0.25, 0.3) is 0 Å². The van der Waals surface area contributed by atoms with Gasteiger partial charge in [-0.2, -0.15) is 11.8 Å².